The number of hydrogen-bond acceptors (Lipinski definition) is 3. The number of nitrogens with zero attached hydrogens (tertiary/aromatic N) is 2. The molecule has 1 fully saturated rings. The maximum atomic E-state index is 3.96. The van der Waals surface area contributed by atoms with E-state index >= 15 is 0 Å². The standard InChI is InChI=1S/C11H20N4.ClH/c1-15(9-11-4-7-13-14-11)8-10-2-5-12-6-3-10;/h4,7,10,12H,2-3,5-6,8-9H2,1H3,(H,13,14);1H. The second-order valence-corrected chi connectivity index (χ2v) is 4.47. The van der Waals surface area contributed by atoms with Gasteiger partial charge in [0.05, 0.1) is 0 Å². The van der Waals surface area contributed by atoms with Crippen LogP contribution >= 0.6 is 12.4 Å². The van der Waals surface area contributed by atoms with E-state index < -0.39 is 0 Å². The Kier molecular flexibility index (Phi) is 5.80. The number of aromatic amines is 1. The highest BCUT2D eigenvalue weighted by Gasteiger charge is 2.15. The smallest absolute Gasteiger partial charge is 0.0492 e. The molecule has 0 aromatic carbocycles. The Hall–Kier alpha value is -0.580. The van der Waals surface area contributed by atoms with Gasteiger partial charge in [-0.1, -0.05) is 0 Å². The van der Waals surface area contributed by atoms with Crippen molar-refractivity contribution >= 4 is 12.4 Å². The second-order valence-electron chi connectivity index (χ2n) is 4.47. The van der Waals surface area contributed by atoms with Gasteiger partial charge < -0.3 is 10.2 Å². The van der Waals surface area contributed by atoms with E-state index in [1.54, 1.807) is 0 Å². The average molecular weight is 245 g/mol. The Balaban J connectivity index is 0.00000128. The van der Waals surface area contributed by atoms with E-state index in [0.717, 1.165) is 12.5 Å². The molecule has 0 radical (unpaired) electrons. The van der Waals surface area contributed by atoms with Crippen molar-refractivity contribution in [2.45, 2.75) is 19.4 Å². The first-order valence-electron chi connectivity index (χ1n) is 5.72. The lowest BCUT2D eigenvalue weighted by atomic mass is 9.98. The van der Waals surface area contributed by atoms with Crippen LogP contribution in [0.3, 0.4) is 0 Å². The van der Waals surface area contributed by atoms with Crippen molar-refractivity contribution in [1.29, 1.82) is 0 Å². The van der Waals surface area contributed by atoms with Gasteiger partial charge in [0.2, 0.25) is 0 Å². The normalized spacial score (nSPS) is 17.4. The SMILES string of the molecule is CN(Cc1ccn[nH]1)CC1CCNCC1.Cl. The van der Waals surface area contributed by atoms with Crippen LogP contribution in [0.2, 0.25) is 0 Å². The first-order valence-corrected chi connectivity index (χ1v) is 5.72. The van der Waals surface area contributed by atoms with Gasteiger partial charge in [0.25, 0.3) is 0 Å². The summed E-state index contributed by atoms with van der Waals surface area (Å²) in [4.78, 5) is 2.38. The van der Waals surface area contributed by atoms with Gasteiger partial charge in [-0.2, -0.15) is 5.10 Å². The molecule has 2 heterocycles. The quantitative estimate of drug-likeness (QED) is 0.838. The van der Waals surface area contributed by atoms with Crippen molar-refractivity contribution in [3.8, 4) is 0 Å². The van der Waals surface area contributed by atoms with Gasteiger partial charge >= 0.3 is 0 Å². The zero-order chi connectivity index (χ0) is 10.5. The monoisotopic (exact) mass is 244 g/mol. The highest BCUT2D eigenvalue weighted by molar-refractivity contribution is 5.85. The number of halogens is 1. The molecule has 92 valence electrons. The van der Waals surface area contributed by atoms with Crippen molar-refractivity contribution in [1.82, 2.24) is 20.4 Å². The van der Waals surface area contributed by atoms with Crippen molar-refractivity contribution in [2.75, 3.05) is 26.7 Å². The van der Waals surface area contributed by atoms with E-state index in [2.05, 4.69) is 27.5 Å². The lowest BCUT2D eigenvalue weighted by Crippen LogP contribution is -2.34. The number of aromatic nitrogens is 2. The van der Waals surface area contributed by atoms with Crippen molar-refractivity contribution < 1.29 is 0 Å². The minimum absolute atomic E-state index is 0. The largest absolute Gasteiger partial charge is 0.317 e. The van der Waals surface area contributed by atoms with Gasteiger partial charge in [-0.3, -0.25) is 5.10 Å². The second kappa shape index (κ2) is 6.89. The Morgan fingerprint density at radius 3 is 2.81 bits per heavy atom. The van der Waals surface area contributed by atoms with Crippen LogP contribution in [0.25, 0.3) is 0 Å². The van der Waals surface area contributed by atoms with Gasteiger partial charge in [-0.05, 0) is 45.0 Å². The van der Waals surface area contributed by atoms with Crippen LogP contribution in [0, 0.1) is 5.92 Å². The summed E-state index contributed by atoms with van der Waals surface area (Å²) in [6, 6.07) is 2.04. The minimum atomic E-state index is 0. The summed E-state index contributed by atoms with van der Waals surface area (Å²) < 4.78 is 0. The van der Waals surface area contributed by atoms with Crippen LogP contribution in [0.4, 0.5) is 0 Å². The highest BCUT2D eigenvalue weighted by Crippen LogP contribution is 2.13. The molecule has 0 saturated carbocycles. The van der Waals surface area contributed by atoms with Crippen LogP contribution in [-0.4, -0.2) is 41.8 Å². The van der Waals surface area contributed by atoms with Gasteiger partial charge in [-0.25, -0.2) is 0 Å². The number of rotatable bonds is 4. The maximum absolute atomic E-state index is 3.96. The number of piperidine rings is 1. The lowest BCUT2D eigenvalue weighted by Gasteiger charge is -2.27. The molecule has 0 bridgehead atoms. The Labute approximate surface area is 103 Å². The first kappa shape index (κ1) is 13.5. The van der Waals surface area contributed by atoms with Gasteiger partial charge in [0, 0.05) is 25.0 Å². The molecular weight excluding hydrogens is 224 g/mol. The summed E-state index contributed by atoms with van der Waals surface area (Å²) in [5, 5.41) is 10.4. The summed E-state index contributed by atoms with van der Waals surface area (Å²) in [6.07, 6.45) is 4.44. The van der Waals surface area contributed by atoms with Crippen molar-refractivity contribution in [3.63, 3.8) is 0 Å². The molecule has 1 saturated heterocycles. The molecular formula is C11H21ClN4. The molecule has 1 aromatic rings. The molecule has 0 amide bonds. The fourth-order valence-electron chi connectivity index (χ4n) is 2.23. The summed E-state index contributed by atoms with van der Waals surface area (Å²) in [5.41, 5.74) is 1.20. The third-order valence-corrected chi connectivity index (χ3v) is 3.03. The first-order chi connectivity index (χ1) is 7.34. The molecule has 2 N–H and O–H groups in total. The minimum Gasteiger partial charge on any atom is -0.317 e. The van der Waals surface area contributed by atoms with E-state index in [1.165, 1.54) is 38.2 Å². The average Bonchev–Trinajstić information content (AvgIpc) is 2.71. The van der Waals surface area contributed by atoms with Crippen LogP contribution in [-0.2, 0) is 6.54 Å². The van der Waals surface area contributed by atoms with Crippen LogP contribution < -0.4 is 5.32 Å². The summed E-state index contributed by atoms with van der Waals surface area (Å²) >= 11 is 0. The number of nitrogens with one attached hydrogen (secondary N) is 2. The zero-order valence-corrected chi connectivity index (χ0v) is 10.6. The zero-order valence-electron chi connectivity index (χ0n) is 9.78. The summed E-state index contributed by atoms with van der Waals surface area (Å²) in [7, 11) is 2.18. The van der Waals surface area contributed by atoms with Crippen molar-refractivity contribution in [2.24, 2.45) is 5.92 Å². The Bertz CT molecular complexity index is 270. The molecule has 1 aliphatic rings. The van der Waals surface area contributed by atoms with Crippen LogP contribution in [0.1, 0.15) is 18.5 Å². The third kappa shape index (κ3) is 4.12. The van der Waals surface area contributed by atoms with Gasteiger partial charge in [-0.15, -0.1) is 12.4 Å². The van der Waals surface area contributed by atoms with E-state index in [9.17, 15) is 0 Å². The molecule has 1 aliphatic heterocycles. The highest BCUT2D eigenvalue weighted by atomic mass is 35.5. The molecule has 1 aromatic heterocycles. The predicted octanol–water partition coefficient (Wildman–Crippen LogP) is 1.26. The number of hydrogen-bond donors (Lipinski definition) is 2. The lowest BCUT2D eigenvalue weighted by molar-refractivity contribution is 0.232. The molecule has 0 spiro atoms. The molecule has 4 nitrogen and oxygen atoms in total. The molecule has 0 aliphatic carbocycles. The summed E-state index contributed by atoms with van der Waals surface area (Å²) in [6.45, 7) is 4.54. The van der Waals surface area contributed by atoms with Crippen molar-refractivity contribution in [3.05, 3.63) is 18.0 Å². The van der Waals surface area contributed by atoms with Gasteiger partial charge in [0.1, 0.15) is 0 Å². The fraction of sp³-hybridized carbons (Fsp3) is 0.727. The maximum Gasteiger partial charge on any atom is 0.0492 e. The van der Waals surface area contributed by atoms with E-state index in [4.69, 9.17) is 0 Å². The van der Waals surface area contributed by atoms with Crippen LogP contribution in [0.15, 0.2) is 12.3 Å². The molecule has 16 heavy (non-hydrogen) atoms. The summed E-state index contributed by atoms with van der Waals surface area (Å²) in [5.74, 6) is 0.860. The molecule has 2 rings (SSSR count). The van der Waals surface area contributed by atoms with E-state index in [-0.39, 0.29) is 12.4 Å². The molecule has 0 atom stereocenters. The molecule has 5 heteroatoms. The molecule has 0 unspecified atom stereocenters. The Morgan fingerprint density at radius 2 is 2.19 bits per heavy atom. The topological polar surface area (TPSA) is 44.0 Å². The predicted molar refractivity (Wildman–Crippen MR) is 67.8 cm³/mol. The fourth-order valence-corrected chi connectivity index (χ4v) is 2.23. The van der Waals surface area contributed by atoms with Crippen LogP contribution in [0.5, 0.6) is 0 Å². The van der Waals surface area contributed by atoms with E-state index in [0.29, 0.717) is 0 Å². The Morgan fingerprint density at radius 1 is 1.44 bits per heavy atom. The van der Waals surface area contributed by atoms with Gasteiger partial charge in [0.15, 0.2) is 0 Å². The van der Waals surface area contributed by atoms with E-state index in [1.807, 2.05) is 12.3 Å². The number of H-pyrrole nitrogens is 1. The third-order valence-electron chi connectivity index (χ3n) is 3.03.